The number of carbonyl (C=O) groups is 4. The summed E-state index contributed by atoms with van der Waals surface area (Å²) in [5.74, 6) is -0.804. The van der Waals surface area contributed by atoms with Crippen LogP contribution in [0, 0.1) is 0 Å². The van der Waals surface area contributed by atoms with Gasteiger partial charge in [-0.25, -0.2) is 14.4 Å². The van der Waals surface area contributed by atoms with E-state index in [1.165, 1.54) is 15.0 Å². The molecule has 284 valence electrons. The number of rotatable bonds is 8. The average molecular weight is 741 g/mol. The van der Waals surface area contributed by atoms with Crippen LogP contribution in [0.4, 0.5) is 15.3 Å². The highest BCUT2D eigenvalue weighted by molar-refractivity contribution is 5.99. The van der Waals surface area contributed by atoms with Crippen molar-refractivity contribution in [3.8, 4) is 0 Å². The molecule has 4 fully saturated rings. The number of hydrogen-bond acceptors (Lipinski definition) is 9. The third-order valence-electron chi connectivity index (χ3n) is 10.4. The first-order valence-electron chi connectivity index (χ1n) is 18.1. The Hall–Kier alpha value is -5.67. The molecule has 2 spiro atoms. The smallest absolute Gasteiger partial charge is 0.419 e. The third kappa shape index (κ3) is 7.68. The van der Waals surface area contributed by atoms with Gasteiger partial charge in [0.15, 0.2) is 5.58 Å². The second-order valence-corrected chi connectivity index (χ2v) is 14.2. The third-order valence-corrected chi connectivity index (χ3v) is 10.4. The lowest BCUT2D eigenvalue weighted by molar-refractivity contribution is -0.155. The lowest BCUT2D eigenvalue weighted by Gasteiger charge is -2.54. The molecule has 2 N–H and O–H groups in total. The van der Waals surface area contributed by atoms with Crippen LogP contribution in [0.25, 0.3) is 11.1 Å². The zero-order chi connectivity index (χ0) is 37.7. The quantitative estimate of drug-likeness (QED) is 0.259. The minimum atomic E-state index is -0.561. The Morgan fingerprint density at radius 2 is 1.52 bits per heavy atom. The second kappa shape index (κ2) is 15.7. The molecule has 0 atom stereocenters. The molecular weight excluding hydrogens is 696 g/mol. The summed E-state index contributed by atoms with van der Waals surface area (Å²) in [4.78, 5) is 66.3. The first-order chi connectivity index (χ1) is 26.2. The molecule has 15 nitrogen and oxygen atoms in total. The van der Waals surface area contributed by atoms with E-state index in [1.54, 1.807) is 35.0 Å². The van der Waals surface area contributed by atoms with Crippen LogP contribution in [0.5, 0.6) is 0 Å². The highest BCUT2D eigenvalue weighted by atomic mass is 16.6. The van der Waals surface area contributed by atoms with Crippen LogP contribution in [0.3, 0.4) is 0 Å². The Kier molecular flexibility index (Phi) is 10.7. The van der Waals surface area contributed by atoms with Gasteiger partial charge >= 0.3 is 17.9 Å². The van der Waals surface area contributed by atoms with Crippen LogP contribution in [-0.2, 0) is 43.9 Å². The summed E-state index contributed by atoms with van der Waals surface area (Å²) in [6.45, 7) is 3.13. The van der Waals surface area contributed by atoms with E-state index in [0.717, 1.165) is 24.8 Å². The average Bonchev–Trinajstić information content (AvgIpc) is 3.44. The van der Waals surface area contributed by atoms with E-state index in [9.17, 15) is 24.0 Å². The number of oxazole rings is 1. The maximum absolute atomic E-state index is 13.0. The van der Waals surface area contributed by atoms with Gasteiger partial charge in [0.05, 0.1) is 38.5 Å². The van der Waals surface area contributed by atoms with Gasteiger partial charge in [-0.1, -0.05) is 60.7 Å². The summed E-state index contributed by atoms with van der Waals surface area (Å²) >= 11 is 0. The molecule has 4 aromatic rings. The fourth-order valence-corrected chi connectivity index (χ4v) is 7.02. The maximum Gasteiger partial charge on any atom is 0.419 e. The largest absolute Gasteiger partial charge is 0.445 e. The van der Waals surface area contributed by atoms with E-state index in [-0.39, 0.29) is 37.5 Å². The Morgan fingerprint density at radius 3 is 2.19 bits per heavy atom. The van der Waals surface area contributed by atoms with Crippen molar-refractivity contribution in [1.29, 1.82) is 0 Å². The van der Waals surface area contributed by atoms with Crippen molar-refractivity contribution in [3.05, 3.63) is 101 Å². The van der Waals surface area contributed by atoms with Crippen LogP contribution < -0.4 is 21.3 Å². The van der Waals surface area contributed by atoms with Gasteiger partial charge in [-0.3, -0.25) is 19.1 Å². The van der Waals surface area contributed by atoms with Crippen LogP contribution in [0.2, 0.25) is 0 Å². The van der Waals surface area contributed by atoms with Crippen LogP contribution in [0.15, 0.2) is 88.1 Å². The number of piperazine rings is 2. The first kappa shape index (κ1) is 36.7. The molecule has 5 amide bonds. The monoisotopic (exact) mass is 740 g/mol. The highest BCUT2D eigenvalue weighted by Crippen LogP contribution is 2.34. The molecule has 54 heavy (non-hydrogen) atoms. The van der Waals surface area contributed by atoms with Crippen molar-refractivity contribution in [2.75, 3.05) is 64.1 Å². The van der Waals surface area contributed by atoms with Crippen molar-refractivity contribution in [2.45, 2.75) is 36.9 Å². The topological polar surface area (TPSA) is 165 Å². The van der Waals surface area contributed by atoms with Crippen molar-refractivity contribution in [1.82, 2.24) is 25.0 Å². The van der Waals surface area contributed by atoms with Crippen molar-refractivity contribution >= 4 is 40.7 Å². The van der Waals surface area contributed by atoms with Crippen molar-refractivity contribution < 1.29 is 37.8 Å². The predicted molar refractivity (Wildman–Crippen MR) is 197 cm³/mol. The molecule has 15 heteroatoms. The van der Waals surface area contributed by atoms with Crippen molar-refractivity contribution in [3.63, 3.8) is 0 Å². The van der Waals surface area contributed by atoms with Gasteiger partial charge in [0.25, 0.3) is 0 Å². The van der Waals surface area contributed by atoms with Crippen LogP contribution in [-0.4, -0.2) is 109 Å². The van der Waals surface area contributed by atoms with Gasteiger partial charge in [0, 0.05) is 31.9 Å². The number of aryl methyl sites for hydroxylation is 2. The van der Waals surface area contributed by atoms with Gasteiger partial charge in [0.2, 0.25) is 11.8 Å². The number of fused-ring (bicyclic) bond motifs is 1. The molecule has 0 bridgehead atoms. The Balaban J connectivity index is 0.000000191. The zero-order valence-electron chi connectivity index (χ0n) is 30.2. The Bertz CT molecular complexity index is 2040. The van der Waals surface area contributed by atoms with E-state index in [2.05, 4.69) is 22.8 Å². The summed E-state index contributed by atoms with van der Waals surface area (Å²) in [5, 5.41) is 5.74. The highest BCUT2D eigenvalue weighted by Gasteiger charge is 2.53. The number of anilines is 1. The number of amides is 5. The molecule has 0 aliphatic carbocycles. The van der Waals surface area contributed by atoms with E-state index < -0.39 is 22.9 Å². The maximum atomic E-state index is 13.0. The fourth-order valence-electron chi connectivity index (χ4n) is 7.02. The van der Waals surface area contributed by atoms with Gasteiger partial charge < -0.3 is 39.1 Å². The molecular formula is C39H44N6O9. The zero-order valence-corrected chi connectivity index (χ0v) is 30.2. The Morgan fingerprint density at radius 1 is 0.833 bits per heavy atom. The Labute approximate surface area is 311 Å². The molecule has 4 saturated heterocycles. The number of carbonyl (C=O) groups excluding carboxylic acids is 4. The summed E-state index contributed by atoms with van der Waals surface area (Å²) in [6.07, 6.45) is 2.34. The van der Waals surface area contributed by atoms with E-state index in [4.69, 9.17) is 18.6 Å². The normalized spacial score (nSPS) is 18.4. The molecule has 0 radical (unpaired) electrons. The lowest BCUT2D eigenvalue weighted by Crippen LogP contribution is -2.75. The fraction of sp³-hybridized carbons (Fsp3) is 0.410. The lowest BCUT2D eigenvalue weighted by atomic mass is 9.91. The van der Waals surface area contributed by atoms with Crippen molar-refractivity contribution in [2.24, 2.45) is 7.05 Å². The summed E-state index contributed by atoms with van der Waals surface area (Å²) in [7, 11) is 1.64. The molecule has 4 aliphatic heterocycles. The van der Waals surface area contributed by atoms with E-state index >= 15 is 0 Å². The SMILES string of the molecule is Cn1c(=O)oc2cc(N3CC4(COC4)N(C(=O)NCCCCc4ccccc4)CC3=O)ccc21.O=C1CN(C(=O)OCc2ccccc2)C2(CN1)COC2. The van der Waals surface area contributed by atoms with Crippen LogP contribution >= 0.6 is 0 Å². The summed E-state index contributed by atoms with van der Waals surface area (Å²) in [5.41, 5.74) is 2.94. The molecule has 5 heterocycles. The molecule has 0 unspecified atom stereocenters. The number of unbranched alkanes of at least 4 members (excludes halogenated alkanes) is 1. The van der Waals surface area contributed by atoms with Gasteiger partial charge in [-0.05, 0) is 42.5 Å². The molecule has 3 aromatic carbocycles. The van der Waals surface area contributed by atoms with E-state index in [0.29, 0.717) is 62.8 Å². The molecule has 0 saturated carbocycles. The predicted octanol–water partition coefficient (Wildman–Crippen LogP) is 2.81. The number of hydrogen-bond donors (Lipinski definition) is 2. The first-order valence-corrected chi connectivity index (χ1v) is 18.1. The summed E-state index contributed by atoms with van der Waals surface area (Å²) < 4.78 is 22.7. The number of ether oxygens (including phenoxy) is 3. The van der Waals surface area contributed by atoms with Gasteiger partial charge in [-0.15, -0.1) is 0 Å². The summed E-state index contributed by atoms with van der Waals surface area (Å²) in [6, 6.07) is 24.7. The minimum Gasteiger partial charge on any atom is -0.445 e. The number of urea groups is 1. The van der Waals surface area contributed by atoms with Gasteiger partial charge in [0.1, 0.15) is 30.8 Å². The molecule has 4 aliphatic rings. The number of nitrogens with one attached hydrogen (secondary N) is 2. The molecule has 8 rings (SSSR count). The standard InChI is InChI=1S/C25H28N4O5.C14H16N2O4/c1-27-20-11-10-19(13-21(20)34-24(27)32)28-15-25(16-33-17-25)29(14-22(28)30)23(31)26-12-6-5-9-18-7-3-2-4-8-18;17-12-6-16(14(8-15-12)9-19-10-14)13(18)20-7-11-4-2-1-3-5-11/h2-4,7-8,10-11,13H,5-6,9,12,14-17H2,1H3,(H,26,31);1-5H,6-10H2,(H,15,17). The van der Waals surface area contributed by atoms with E-state index in [1.807, 2.05) is 48.5 Å². The number of nitrogens with zero attached hydrogens (tertiary/aromatic N) is 4. The second-order valence-electron chi connectivity index (χ2n) is 14.2. The number of aromatic nitrogens is 1. The van der Waals surface area contributed by atoms with Gasteiger partial charge in [-0.2, -0.15) is 0 Å². The number of benzene rings is 3. The molecule has 1 aromatic heterocycles. The minimum absolute atomic E-state index is 0.0248. The van der Waals surface area contributed by atoms with Crippen LogP contribution in [0.1, 0.15) is 24.0 Å².